The number of hydrogen-bond donors (Lipinski definition) is 1. The number of amides is 1. The molecule has 2 N–H and O–H groups in total. The molecule has 3 heteroatoms. The molecule has 1 aromatic rings. The molecule has 0 bridgehead atoms. The second kappa shape index (κ2) is 5.51. The first-order chi connectivity index (χ1) is 7.16. The molecule has 0 aliphatic rings. The van der Waals surface area contributed by atoms with Crippen molar-refractivity contribution >= 4 is 11.6 Å². The van der Waals surface area contributed by atoms with Crippen LogP contribution in [0.15, 0.2) is 24.3 Å². The van der Waals surface area contributed by atoms with Crippen LogP contribution in [0.4, 0.5) is 5.69 Å². The van der Waals surface area contributed by atoms with Crippen LogP contribution in [0.3, 0.4) is 0 Å². The summed E-state index contributed by atoms with van der Waals surface area (Å²) in [5.74, 6) is 0.0511. The summed E-state index contributed by atoms with van der Waals surface area (Å²) < 4.78 is 0. The van der Waals surface area contributed by atoms with Crippen molar-refractivity contribution in [3.8, 4) is 0 Å². The molecule has 82 valence electrons. The lowest BCUT2D eigenvalue weighted by molar-refractivity contribution is -0.116. The van der Waals surface area contributed by atoms with E-state index in [0.717, 1.165) is 18.5 Å². The Morgan fingerprint density at radius 2 is 2.07 bits per heavy atom. The average molecular weight is 206 g/mol. The molecule has 0 unspecified atom stereocenters. The van der Waals surface area contributed by atoms with Crippen LogP contribution in [0.2, 0.25) is 0 Å². The van der Waals surface area contributed by atoms with E-state index in [4.69, 9.17) is 5.73 Å². The number of anilines is 1. The van der Waals surface area contributed by atoms with Gasteiger partial charge in [-0.05, 0) is 31.0 Å². The fourth-order valence-electron chi connectivity index (χ4n) is 1.51. The van der Waals surface area contributed by atoms with Crippen molar-refractivity contribution < 1.29 is 4.79 Å². The lowest BCUT2D eigenvalue weighted by Crippen LogP contribution is -2.24. The maximum atomic E-state index is 11.3. The minimum atomic E-state index is 0.0511. The molecule has 0 atom stereocenters. The molecule has 0 saturated heterocycles. The van der Waals surface area contributed by atoms with Gasteiger partial charge < -0.3 is 10.6 Å². The minimum Gasteiger partial charge on any atom is -0.330 e. The van der Waals surface area contributed by atoms with Crippen molar-refractivity contribution in [2.45, 2.75) is 19.8 Å². The Kier molecular flexibility index (Phi) is 4.31. The number of benzene rings is 1. The maximum absolute atomic E-state index is 11.3. The molecule has 3 nitrogen and oxygen atoms in total. The minimum absolute atomic E-state index is 0.0511. The molecule has 0 aliphatic heterocycles. The Morgan fingerprint density at radius 3 is 2.67 bits per heavy atom. The number of nitrogens with zero attached hydrogens (tertiary/aromatic N) is 1. The standard InChI is InChI=1S/C12H18N2O/c1-10(15)14(2)12-8-4-3-6-11(12)7-5-9-13/h3-4,6,8H,5,7,9,13H2,1-2H3. The molecule has 0 spiro atoms. The lowest BCUT2D eigenvalue weighted by atomic mass is 10.1. The van der Waals surface area contributed by atoms with Crippen LogP contribution in [0.25, 0.3) is 0 Å². The van der Waals surface area contributed by atoms with Gasteiger partial charge in [0.2, 0.25) is 5.91 Å². The van der Waals surface area contributed by atoms with E-state index in [1.54, 1.807) is 18.9 Å². The van der Waals surface area contributed by atoms with Crippen molar-refractivity contribution in [1.82, 2.24) is 0 Å². The van der Waals surface area contributed by atoms with Gasteiger partial charge in [-0.25, -0.2) is 0 Å². The highest BCUT2D eigenvalue weighted by atomic mass is 16.2. The molecule has 1 aromatic carbocycles. The third kappa shape index (κ3) is 3.06. The molecular formula is C12H18N2O. The smallest absolute Gasteiger partial charge is 0.223 e. The molecule has 0 aromatic heterocycles. The number of rotatable bonds is 4. The van der Waals surface area contributed by atoms with Crippen LogP contribution in [0.5, 0.6) is 0 Å². The molecule has 0 saturated carbocycles. The molecule has 15 heavy (non-hydrogen) atoms. The molecule has 0 fully saturated rings. The van der Waals surface area contributed by atoms with E-state index in [2.05, 4.69) is 0 Å². The topological polar surface area (TPSA) is 46.3 Å². The second-order valence-corrected chi connectivity index (χ2v) is 3.60. The fourth-order valence-corrected chi connectivity index (χ4v) is 1.51. The van der Waals surface area contributed by atoms with Gasteiger partial charge in [-0.2, -0.15) is 0 Å². The van der Waals surface area contributed by atoms with Crippen LogP contribution in [-0.2, 0) is 11.2 Å². The van der Waals surface area contributed by atoms with Gasteiger partial charge in [-0.1, -0.05) is 18.2 Å². The molecule has 0 radical (unpaired) electrons. The Bertz CT molecular complexity index is 336. The highest BCUT2D eigenvalue weighted by molar-refractivity contribution is 5.91. The van der Waals surface area contributed by atoms with Crippen molar-refractivity contribution in [3.05, 3.63) is 29.8 Å². The van der Waals surface area contributed by atoms with E-state index in [-0.39, 0.29) is 5.91 Å². The van der Waals surface area contributed by atoms with Gasteiger partial charge in [-0.3, -0.25) is 4.79 Å². The van der Waals surface area contributed by atoms with Crippen LogP contribution in [-0.4, -0.2) is 19.5 Å². The zero-order chi connectivity index (χ0) is 11.3. The number of aryl methyl sites for hydroxylation is 1. The van der Waals surface area contributed by atoms with Crippen LogP contribution < -0.4 is 10.6 Å². The molecule has 0 aliphatic carbocycles. The van der Waals surface area contributed by atoms with E-state index in [1.807, 2.05) is 24.3 Å². The van der Waals surface area contributed by atoms with Crippen molar-refractivity contribution in [2.24, 2.45) is 5.73 Å². The molecule has 1 rings (SSSR count). The number of carbonyl (C=O) groups is 1. The summed E-state index contributed by atoms with van der Waals surface area (Å²) in [5.41, 5.74) is 7.65. The quantitative estimate of drug-likeness (QED) is 0.812. The van der Waals surface area contributed by atoms with Crippen molar-refractivity contribution in [3.63, 3.8) is 0 Å². The third-order valence-corrected chi connectivity index (χ3v) is 2.48. The number of nitrogens with two attached hydrogens (primary N) is 1. The fraction of sp³-hybridized carbons (Fsp3) is 0.417. The Balaban J connectivity index is 2.90. The van der Waals surface area contributed by atoms with Gasteiger partial charge in [0.1, 0.15) is 0 Å². The van der Waals surface area contributed by atoms with Crippen molar-refractivity contribution in [1.29, 1.82) is 0 Å². The third-order valence-electron chi connectivity index (χ3n) is 2.48. The number of para-hydroxylation sites is 1. The van der Waals surface area contributed by atoms with E-state index in [9.17, 15) is 4.79 Å². The summed E-state index contributed by atoms with van der Waals surface area (Å²) >= 11 is 0. The van der Waals surface area contributed by atoms with E-state index >= 15 is 0 Å². The highest BCUT2D eigenvalue weighted by Gasteiger charge is 2.09. The summed E-state index contributed by atoms with van der Waals surface area (Å²) in [4.78, 5) is 12.9. The monoisotopic (exact) mass is 206 g/mol. The molecule has 0 heterocycles. The zero-order valence-electron chi connectivity index (χ0n) is 9.36. The van der Waals surface area contributed by atoms with E-state index in [1.165, 1.54) is 5.56 Å². The Labute approximate surface area is 90.9 Å². The van der Waals surface area contributed by atoms with Gasteiger partial charge >= 0.3 is 0 Å². The van der Waals surface area contributed by atoms with Crippen molar-refractivity contribution in [2.75, 3.05) is 18.5 Å². The van der Waals surface area contributed by atoms with Gasteiger partial charge in [0.25, 0.3) is 0 Å². The number of carbonyl (C=O) groups excluding carboxylic acids is 1. The highest BCUT2D eigenvalue weighted by Crippen LogP contribution is 2.20. The lowest BCUT2D eigenvalue weighted by Gasteiger charge is -2.18. The predicted molar refractivity (Wildman–Crippen MR) is 62.9 cm³/mol. The summed E-state index contributed by atoms with van der Waals surface area (Å²) in [6.07, 6.45) is 1.87. The maximum Gasteiger partial charge on any atom is 0.223 e. The van der Waals surface area contributed by atoms with Crippen LogP contribution >= 0.6 is 0 Å². The zero-order valence-corrected chi connectivity index (χ0v) is 9.36. The largest absolute Gasteiger partial charge is 0.330 e. The second-order valence-electron chi connectivity index (χ2n) is 3.60. The normalized spacial score (nSPS) is 10.1. The molecular weight excluding hydrogens is 188 g/mol. The van der Waals surface area contributed by atoms with E-state index in [0.29, 0.717) is 6.54 Å². The average Bonchev–Trinajstić information content (AvgIpc) is 2.25. The Morgan fingerprint density at radius 1 is 1.40 bits per heavy atom. The van der Waals surface area contributed by atoms with Crippen LogP contribution in [0, 0.1) is 0 Å². The summed E-state index contributed by atoms with van der Waals surface area (Å²) in [7, 11) is 1.80. The van der Waals surface area contributed by atoms with Gasteiger partial charge in [-0.15, -0.1) is 0 Å². The van der Waals surface area contributed by atoms with Gasteiger partial charge in [0.05, 0.1) is 0 Å². The summed E-state index contributed by atoms with van der Waals surface area (Å²) in [5, 5.41) is 0. The van der Waals surface area contributed by atoms with E-state index < -0.39 is 0 Å². The SMILES string of the molecule is CC(=O)N(C)c1ccccc1CCCN. The first-order valence-electron chi connectivity index (χ1n) is 5.19. The molecule has 1 amide bonds. The number of hydrogen-bond acceptors (Lipinski definition) is 2. The Hall–Kier alpha value is -1.35. The first kappa shape index (κ1) is 11.7. The van der Waals surface area contributed by atoms with Crippen LogP contribution in [0.1, 0.15) is 18.9 Å². The summed E-state index contributed by atoms with van der Waals surface area (Å²) in [6.45, 7) is 2.25. The van der Waals surface area contributed by atoms with Gasteiger partial charge in [0, 0.05) is 19.7 Å². The van der Waals surface area contributed by atoms with Gasteiger partial charge in [0.15, 0.2) is 0 Å². The summed E-state index contributed by atoms with van der Waals surface area (Å²) in [6, 6.07) is 7.95. The first-order valence-corrected chi connectivity index (χ1v) is 5.19. The predicted octanol–water partition coefficient (Wildman–Crippen LogP) is 1.56.